The summed E-state index contributed by atoms with van der Waals surface area (Å²) in [6.07, 6.45) is 2.23. The Balaban J connectivity index is 0.000000532. The van der Waals surface area contributed by atoms with Crippen molar-refractivity contribution < 1.29 is 41.4 Å². The molecule has 0 spiro atoms. The number of nitrogens with zero attached hydrogens (tertiary/aromatic N) is 2. The number of hydrogen-bond acceptors (Lipinski definition) is 7. The summed E-state index contributed by atoms with van der Waals surface area (Å²) in [7, 11) is -3.72. The second-order valence-electron chi connectivity index (χ2n) is 9.50. The predicted molar refractivity (Wildman–Crippen MR) is 142 cm³/mol. The van der Waals surface area contributed by atoms with Crippen LogP contribution in [0.2, 0.25) is 0 Å². The van der Waals surface area contributed by atoms with Crippen LogP contribution in [0.5, 0.6) is 0 Å². The first kappa shape index (κ1) is 30.7. The van der Waals surface area contributed by atoms with Crippen molar-refractivity contribution in [2.45, 2.75) is 48.9 Å². The van der Waals surface area contributed by atoms with Gasteiger partial charge in [0.2, 0.25) is 0 Å². The van der Waals surface area contributed by atoms with Gasteiger partial charge in [-0.15, -0.1) is 11.3 Å². The summed E-state index contributed by atoms with van der Waals surface area (Å²) in [5, 5.41) is 18.6. The lowest BCUT2D eigenvalue weighted by atomic mass is 9.92. The molecule has 2 saturated heterocycles. The van der Waals surface area contributed by atoms with Gasteiger partial charge >= 0.3 is 18.1 Å². The highest BCUT2D eigenvalue weighted by molar-refractivity contribution is 7.94. The Labute approximate surface area is 229 Å². The quantitative estimate of drug-likeness (QED) is 0.393. The van der Waals surface area contributed by atoms with E-state index in [1.807, 2.05) is 0 Å². The van der Waals surface area contributed by atoms with E-state index in [1.165, 1.54) is 57.5 Å². The number of aliphatic carboxylic acids is 1. The molecule has 14 heteroatoms. The maximum absolute atomic E-state index is 12.5. The van der Waals surface area contributed by atoms with Crippen LogP contribution >= 0.6 is 11.3 Å². The van der Waals surface area contributed by atoms with Crippen LogP contribution in [0, 0.1) is 5.92 Å². The van der Waals surface area contributed by atoms with Gasteiger partial charge in [0.05, 0.1) is 11.3 Å². The fraction of sp³-hybridized carbons (Fsp3) is 0.520. The number of halogens is 3. The Kier molecular flexibility index (Phi) is 10.6. The van der Waals surface area contributed by atoms with Crippen molar-refractivity contribution in [3.8, 4) is 0 Å². The zero-order chi connectivity index (χ0) is 28.6. The molecule has 0 bridgehead atoms. The maximum Gasteiger partial charge on any atom is 0.490 e. The van der Waals surface area contributed by atoms with E-state index in [9.17, 15) is 31.5 Å². The molecule has 2 fully saturated rings. The number of likely N-dealkylation sites (tertiary alicyclic amines) is 1. The number of benzene rings is 1. The fourth-order valence-electron chi connectivity index (χ4n) is 4.68. The number of alkyl halides is 3. The lowest BCUT2D eigenvalue weighted by Gasteiger charge is -2.35. The van der Waals surface area contributed by atoms with Gasteiger partial charge < -0.3 is 20.0 Å². The molecule has 0 radical (unpaired) electrons. The minimum atomic E-state index is -5.08. The van der Waals surface area contributed by atoms with Crippen LogP contribution in [0.15, 0.2) is 39.9 Å². The number of anilines is 2. The molecule has 3 N–H and O–H groups in total. The number of carboxylic acid groups (broad SMARTS) is 2. The minimum absolute atomic E-state index is 0.128. The second-order valence-corrected chi connectivity index (χ2v) is 12.4. The van der Waals surface area contributed by atoms with Crippen molar-refractivity contribution in [3.63, 3.8) is 0 Å². The summed E-state index contributed by atoms with van der Waals surface area (Å²) in [4.78, 5) is 25.5. The molecule has 0 aliphatic carbocycles. The zero-order valence-corrected chi connectivity index (χ0v) is 22.8. The lowest BCUT2D eigenvalue weighted by Crippen LogP contribution is -2.37. The first-order valence-corrected chi connectivity index (χ1v) is 14.9. The smallest absolute Gasteiger partial charge is 0.478 e. The maximum atomic E-state index is 12.5. The van der Waals surface area contributed by atoms with Gasteiger partial charge in [0.1, 0.15) is 4.21 Å². The van der Waals surface area contributed by atoms with Crippen molar-refractivity contribution in [3.05, 3.63) is 41.3 Å². The van der Waals surface area contributed by atoms with Gasteiger partial charge in [0.15, 0.2) is 0 Å². The molecule has 9 nitrogen and oxygen atoms in total. The molecule has 0 atom stereocenters. The second kappa shape index (κ2) is 13.5. The number of sulfonamides is 1. The molecule has 1 aromatic heterocycles. The number of nitrogens with one attached hydrogen (secondary N) is 1. The van der Waals surface area contributed by atoms with E-state index < -0.39 is 28.1 Å². The Morgan fingerprint density at radius 1 is 1.03 bits per heavy atom. The first-order chi connectivity index (χ1) is 18.4. The van der Waals surface area contributed by atoms with E-state index in [2.05, 4.69) is 14.5 Å². The van der Waals surface area contributed by atoms with Gasteiger partial charge in [-0.2, -0.15) is 13.2 Å². The van der Waals surface area contributed by atoms with Gasteiger partial charge in [0.25, 0.3) is 10.0 Å². The van der Waals surface area contributed by atoms with Crippen molar-refractivity contribution in [1.82, 2.24) is 4.90 Å². The molecule has 39 heavy (non-hydrogen) atoms. The average Bonchev–Trinajstić information content (AvgIpc) is 3.44. The molecule has 2 aliphatic heterocycles. The summed E-state index contributed by atoms with van der Waals surface area (Å²) in [5.41, 5.74) is 1.05. The number of hydrogen-bond donors (Lipinski definition) is 3. The number of aromatic carboxylic acids is 1. The molecule has 3 heterocycles. The third-order valence-corrected chi connectivity index (χ3v) is 9.52. The third-order valence-electron chi connectivity index (χ3n) is 6.74. The predicted octanol–water partition coefficient (Wildman–Crippen LogP) is 4.97. The monoisotopic (exact) mass is 591 g/mol. The van der Waals surface area contributed by atoms with E-state index >= 15 is 0 Å². The SMILES string of the molecule is O=C(O)C(F)(F)F.O=C(O)c1cc(NS(=O)(=O)c2cccs2)ccc1N1CCC(CCN2CCCCC2)CC1. The number of piperidine rings is 2. The van der Waals surface area contributed by atoms with Crippen molar-refractivity contribution in [2.75, 3.05) is 42.3 Å². The van der Waals surface area contributed by atoms with Crippen LogP contribution in [0.25, 0.3) is 0 Å². The fourth-order valence-corrected chi connectivity index (χ4v) is 6.72. The van der Waals surface area contributed by atoms with E-state index in [1.54, 1.807) is 23.6 Å². The van der Waals surface area contributed by atoms with Gasteiger partial charge in [-0.25, -0.2) is 18.0 Å². The molecule has 2 aliphatic rings. The largest absolute Gasteiger partial charge is 0.490 e. The van der Waals surface area contributed by atoms with E-state index in [-0.39, 0.29) is 15.5 Å². The topological polar surface area (TPSA) is 127 Å². The summed E-state index contributed by atoms with van der Waals surface area (Å²) in [6.45, 7) is 5.27. The number of thiophene rings is 1. The molecule has 1 aromatic carbocycles. The molecule has 216 valence electrons. The molecule has 0 saturated carbocycles. The Hall–Kier alpha value is -2.84. The van der Waals surface area contributed by atoms with Gasteiger partial charge in [0, 0.05) is 18.8 Å². The van der Waals surface area contributed by atoms with E-state index in [0.29, 0.717) is 11.6 Å². The Morgan fingerprint density at radius 2 is 1.67 bits per heavy atom. The highest BCUT2D eigenvalue weighted by Crippen LogP contribution is 2.31. The van der Waals surface area contributed by atoms with E-state index in [0.717, 1.165) is 37.3 Å². The van der Waals surface area contributed by atoms with Crippen LogP contribution in [-0.2, 0) is 14.8 Å². The minimum Gasteiger partial charge on any atom is -0.478 e. The zero-order valence-electron chi connectivity index (χ0n) is 21.2. The van der Waals surface area contributed by atoms with Gasteiger partial charge in [-0.05, 0) is 87.3 Å². The number of carboxylic acids is 2. The molecule has 0 unspecified atom stereocenters. The first-order valence-electron chi connectivity index (χ1n) is 12.6. The molecule has 4 rings (SSSR count). The highest BCUT2D eigenvalue weighted by Gasteiger charge is 2.38. The normalized spacial score (nSPS) is 17.3. The summed E-state index contributed by atoms with van der Waals surface area (Å²) in [6, 6.07) is 7.99. The lowest BCUT2D eigenvalue weighted by molar-refractivity contribution is -0.192. The third kappa shape index (κ3) is 9.11. The average molecular weight is 592 g/mol. The van der Waals surface area contributed by atoms with Crippen LogP contribution < -0.4 is 9.62 Å². The van der Waals surface area contributed by atoms with Crippen molar-refractivity contribution >= 4 is 44.7 Å². The van der Waals surface area contributed by atoms with Crippen molar-refractivity contribution in [2.24, 2.45) is 5.92 Å². The standard InChI is InChI=1S/C23H31N3O4S2.C2HF3O2/c27-23(28)20-17-19(24-32(29,30)22-5-4-16-31-22)6-7-21(20)26-14-9-18(10-15-26)8-13-25-11-2-1-3-12-25;3-2(4,5)1(6)7/h4-7,16-18,24H,1-3,8-15H2,(H,27,28);(H,6,7). The van der Waals surface area contributed by atoms with E-state index in [4.69, 9.17) is 9.90 Å². The number of carbonyl (C=O) groups is 2. The Morgan fingerprint density at radius 3 is 2.21 bits per heavy atom. The van der Waals surface area contributed by atoms with Gasteiger partial charge in [-0.1, -0.05) is 12.5 Å². The summed E-state index contributed by atoms with van der Waals surface area (Å²) < 4.78 is 59.4. The molecular weight excluding hydrogens is 559 g/mol. The van der Waals surface area contributed by atoms with Crippen LogP contribution in [0.1, 0.15) is 48.9 Å². The summed E-state index contributed by atoms with van der Waals surface area (Å²) in [5.74, 6) is -3.13. The highest BCUT2D eigenvalue weighted by atomic mass is 32.2. The van der Waals surface area contributed by atoms with Crippen molar-refractivity contribution in [1.29, 1.82) is 0 Å². The summed E-state index contributed by atoms with van der Waals surface area (Å²) >= 11 is 1.12. The molecule has 0 amide bonds. The molecule has 2 aromatic rings. The van der Waals surface area contributed by atoms with Crippen LogP contribution in [-0.4, -0.2) is 74.4 Å². The van der Waals surface area contributed by atoms with Crippen LogP contribution in [0.3, 0.4) is 0 Å². The Bertz CT molecular complexity index is 1210. The van der Waals surface area contributed by atoms with Crippen LogP contribution in [0.4, 0.5) is 24.5 Å². The number of rotatable bonds is 8. The molecular formula is C25H32F3N3O6S2. The van der Waals surface area contributed by atoms with Gasteiger partial charge in [-0.3, -0.25) is 4.72 Å².